The highest BCUT2D eigenvalue weighted by molar-refractivity contribution is 4.97. The molecule has 72 valence electrons. The summed E-state index contributed by atoms with van der Waals surface area (Å²) in [6.07, 6.45) is 6.78. The van der Waals surface area contributed by atoms with Crippen molar-refractivity contribution < 1.29 is 0 Å². The molecule has 0 aliphatic rings. The molecule has 0 aliphatic heterocycles. The highest BCUT2D eigenvalue weighted by Crippen LogP contribution is 1.96. The Bertz CT molecular complexity index is 395. The fourth-order valence-corrected chi connectivity index (χ4v) is 1.09. The van der Waals surface area contributed by atoms with E-state index in [4.69, 9.17) is 5.73 Å². The van der Waals surface area contributed by atoms with Crippen molar-refractivity contribution in [1.82, 2.24) is 25.0 Å². The topological polar surface area (TPSA) is 82.5 Å². The van der Waals surface area contributed by atoms with Crippen LogP contribution in [0.25, 0.3) is 0 Å². The van der Waals surface area contributed by atoms with Gasteiger partial charge in [-0.1, -0.05) is 5.21 Å². The van der Waals surface area contributed by atoms with Crippen LogP contribution in [0.4, 0.5) is 0 Å². The van der Waals surface area contributed by atoms with Gasteiger partial charge in [-0.3, -0.25) is 9.97 Å². The largest absolute Gasteiger partial charge is 0.325 e. The third-order valence-electron chi connectivity index (χ3n) is 1.74. The summed E-state index contributed by atoms with van der Waals surface area (Å²) in [5, 5.41) is 7.77. The van der Waals surface area contributed by atoms with Gasteiger partial charge in [0.25, 0.3) is 0 Å². The monoisotopic (exact) mass is 190 g/mol. The van der Waals surface area contributed by atoms with Gasteiger partial charge >= 0.3 is 0 Å². The third kappa shape index (κ3) is 1.91. The minimum atomic E-state index is 0.403. The van der Waals surface area contributed by atoms with Gasteiger partial charge in [0.05, 0.1) is 30.3 Å². The molecule has 0 bridgehead atoms. The first kappa shape index (κ1) is 8.76. The first-order valence-electron chi connectivity index (χ1n) is 4.22. The second kappa shape index (κ2) is 3.93. The van der Waals surface area contributed by atoms with E-state index in [1.807, 2.05) is 0 Å². The number of rotatable bonds is 3. The standard InChI is InChI=1S/C8H10N6/c9-3-7-5-14(13-12-7)6-8-4-10-1-2-11-8/h1-2,4-5H,3,6,9H2. The maximum absolute atomic E-state index is 5.41. The molecule has 14 heavy (non-hydrogen) atoms. The minimum absolute atomic E-state index is 0.403. The molecule has 0 amide bonds. The number of hydrogen-bond acceptors (Lipinski definition) is 5. The van der Waals surface area contributed by atoms with E-state index >= 15 is 0 Å². The summed E-state index contributed by atoms with van der Waals surface area (Å²) in [5.74, 6) is 0. The Hall–Kier alpha value is -1.82. The molecule has 2 aromatic rings. The normalized spacial score (nSPS) is 10.4. The molecule has 2 heterocycles. The van der Waals surface area contributed by atoms with Crippen molar-refractivity contribution in [3.8, 4) is 0 Å². The quantitative estimate of drug-likeness (QED) is 0.710. The Morgan fingerprint density at radius 2 is 2.21 bits per heavy atom. The van der Waals surface area contributed by atoms with Crippen LogP contribution in [-0.4, -0.2) is 25.0 Å². The van der Waals surface area contributed by atoms with E-state index in [9.17, 15) is 0 Å². The molecule has 0 atom stereocenters. The number of aromatic nitrogens is 5. The lowest BCUT2D eigenvalue weighted by atomic mass is 10.4. The van der Waals surface area contributed by atoms with E-state index in [1.54, 1.807) is 29.5 Å². The molecule has 0 saturated heterocycles. The van der Waals surface area contributed by atoms with Gasteiger partial charge in [-0.05, 0) is 0 Å². The molecular formula is C8H10N6. The Kier molecular flexibility index (Phi) is 2.46. The Morgan fingerprint density at radius 1 is 1.29 bits per heavy atom. The number of nitrogens with two attached hydrogens (primary N) is 1. The van der Waals surface area contributed by atoms with Gasteiger partial charge in [0.15, 0.2) is 0 Å². The summed E-state index contributed by atoms with van der Waals surface area (Å²) in [6.45, 7) is 0.974. The van der Waals surface area contributed by atoms with Gasteiger partial charge in [-0.2, -0.15) is 0 Å². The third-order valence-corrected chi connectivity index (χ3v) is 1.74. The predicted molar refractivity (Wildman–Crippen MR) is 49.0 cm³/mol. The van der Waals surface area contributed by atoms with Gasteiger partial charge in [-0.15, -0.1) is 5.10 Å². The summed E-state index contributed by atoms with van der Waals surface area (Å²) >= 11 is 0. The van der Waals surface area contributed by atoms with Gasteiger partial charge in [-0.25, -0.2) is 4.68 Å². The van der Waals surface area contributed by atoms with Crippen molar-refractivity contribution in [3.05, 3.63) is 36.2 Å². The second-order valence-electron chi connectivity index (χ2n) is 2.81. The molecule has 0 radical (unpaired) electrons. The van der Waals surface area contributed by atoms with Crippen LogP contribution in [0.1, 0.15) is 11.4 Å². The summed E-state index contributed by atoms with van der Waals surface area (Å²) in [7, 11) is 0. The van der Waals surface area contributed by atoms with Crippen LogP contribution in [0, 0.1) is 0 Å². The van der Waals surface area contributed by atoms with Crippen LogP contribution < -0.4 is 5.73 Å². The molecule has 0 fully saturated rings. The van der Waals surface area contributed by atoms with E-state index in [0.29, 0.717) is 13.1 Å². The molecule has 2 rings (SSSR count). The van der Waals surface area contributed by atoms with Crippen LogP contribution in [0.3, 0.4) is 0 Å². The lowest BCUT2D eigenvalue weighted by Crippen LogP contribution is -2.02. The maximum Gasteiger partial charge on any atom is 0.0962 e. The van der Waals surface area contributed by atoms with Crippen LogP contribution in [0.2, 0.25) is 0 Å². The van der Waals surface area contributed by atoms with Gasteiger partial charge in [0, 0.05) is 18.9 Å². The number of nitrogens with zero attached hydrogens (tertiary/aromatic N) is 5. The summed E-state index contributed by atoms with van der Waals surface area (Å²) in [5.41, 5.74) is 7.03. The molecule has 6 nitrogen and oxygen atoms in total. The highest BCUT2D eigenvalue weighted by Gasteiger charge is 1.99. The molecule has 0 aromatic carbocycles. The lowest BCUT2D eigenvalue weighted by molar-refractivity contribution is 0.636. The summed E-state index contributed by atoms with van der Waals surface area (Å²) < 4.78 is 1.69. The molecular weight excluding hydrogens is 180 g/mol. The fraction of sp³-hybridized carbons (Fsp3) is 0.250. The molecule has 2 N–H and O–H groups in total. The molecule has 0 aliphatic carbocycles. The Balaban J connectivity index is 2.11. The van der Waals surface area contributed by atoms with Crippen LogP contribution >= 0.6 is 0 Å². The van der Waals surface area contributed by atoms with Crippen LogP contribution in [0.5, 0.6) is 0 Å². The molecule has 0 unspecified atom stereocenters. The molecule has 2 aromatic heterocycles. The van der Waals surface area contributed by atoms with E-state index in [-0.39, 0.29) is 0 Å². The molecule has 0 saturated carbocycles. The van der Waals surface area contributed by atoms with Crippen LogP contribution in [-0.2, 0) is 13.1 Å². The van der Waals surface area contributed by atoms with Crippen molar-refractivity contribution in [2.45, 2.75) is 13.1 Å². The van der Waals surface area contributed by atoms with Crippen LogP contribution in [0.15, 0.2) is 24.8 Å². The van der Waals surface area contributed by atoms with Gasteiger partial charge < -0.3 is 5.73 Å². The van der Waals surface area contributed by atoms with Crippen molar-refractivity contribution in [1.29, 1.82) is 0 Å². The maximum atomic E-state index is 5.41. The van der Waals surface area contributed by atoms with Crippen molar-refractivity contribution in [3.63, 3.8) is 0 Å². The van der Waals surface area contributed by atoms with E-state index in [2.05, 4.69) is 20.3 Å². The highest BCUT2D eigenvalue weighted by atomic mass is 15.4. The van der Waals surface area contributed by atoms with Crippen molar-refractivity contribution in [2.75, 3.05) is 0 Å². The Morgan fingerprint density at radius 3 is 2.86 bits per heavy atom. The van der Waals surface area contributed by atoms with E-state index in [1.165, 1.54) is 0 Å². The zero-order valence-electron chi connectivity index (χ0n) is 7.54. The van der Waals surface area contributed by atoms with E-state index in [0.717, 1.165) is 11.4 Å². The average Bonchev–Trinajstić information content (AvgIpc) is 2.67. The first-order valence-corrected chi connectivity index (χ1v) is 4.22. The fourth-order valence-electron chi connectivity index (χ4n) is 1.09. The first-order chi connectivity index (χ1) is 6.88. The number of hydrogen-bond donors (Lipinski definition) is 1. The van der Waals surface area contributed by atoms with Gasteiger partial charge in [0.1, 0.15) is 0 Å². The average molecular weight is 190 g/mol. The van der Waals surface area contributed by atoms with E-state index < -0.39 is 0 Å². The van der Waals surface area contributed by atoms with Crippen molar-refractivity contribution in [2.24, 2.45) is 5.73 Å². The second-order valence-corrected chi connectivity index (χ2v) is 2.81. The SMILES string of the molecule is NCc1cn(Cc2cnccn2)nn1. The summed E-state index contributed by atoms with van der Waals surface area (Å²) in [4.78, 5) is 8.09. The zero-order valence-corrected chi connectivity index (χ0v) is 7.54. The summed E-state index contributed by atoms with van der Waals surface area (Å²) in [6, 6.07) is 0. The molecule has 6 heteroatoms. The predicted octanol–water partition coefficient (Wildman–Crippen LogP) is -0.425. The lowest BCUT2D eigenvalue weighted by Gasteiger charge is -1.97. The Labute approximate surface area is 80.8 Å². The molecule has 0 spiro atoms. The van der Waals surface area contributed by atoms with Crippen molar-refractivity contribution >= 4 is 0 Å². The zero-order chi connectivity index (χ0) is 9.80. The van der Waals surface area contributed by atoms with Gasteiger partial charge in [0.2, 0.25) is 0 Å². The smallest absolute Gasteiger partial charge is 0.0962 e. The minimum Gasteiger partial charge on any atom is -0.325 e.